The van der Waals surface area contributed by atoms with Gasteiger partial charge in [-0.1, -0.05) is 152 Å². The largest absolute Gasteiger partial charge is 0.455 e. The molecule has 6 heteroatoms. The highest BCUT2D eigenvalue weighted by atomic mass is 16.3. The van der Waals surface area contributed by atoms with Crippen molar-refractivity contribution in [3.8, 4) is 51.0 Å². The van der Waals surface area contributed by atoms with Gasteiger partial charge in [0.05, 0.1) is 11.0 Å². The lowest BCUT2D eigenvalue weighted by Gasteiger charge is -2.12. The zero-order valence-corrected chi connectivity index (χ0v) is 30.4. The Morgan fingerprint density at radius 1 is 0.351 bits per heavy atom. The highest BCUT2D eigenvalue weighted by Gasteiger charge is 2.21. The van der Waals surface area contributed by atoms with Gasteiger partial charge in [-0.05, 0) is 41.5 Å². The number of hydrogen-bond acceptors (Lipinski definition) is 5. The van der Waals surface area contributed by atoms with Crippen molar-refractivity contribution in [2.75, 3.05) is 0 Å². The van der Waals surface area contributed by atoms with Crippen molar-refractivity contribution < 1.29 is 8.83 Å². The third-order valence-corrected chi connectivity index (χ3v) is 11.1. The fraction of sp³-hybridized carbons (Fsp3) is 0. The predicted molar refractivity (Wildman–Crippen MR) is 230 cm³/mol. The zero-order valence-electron chi connectivity index (χ0n) is 30.4. The maximum absolute atomic E-state index is 6.75. The second-order valence-corrected chi connectivity index (χ2v) is 14.3. The van der Waals surface area contributed by atoms with E-state index in [4.69, 9.17) is 23.8 Å². The van der Waals surface area contributed by atoms with Gasteiger partial charge in [-0.3, -0.25) is 4.57 Å². The van der Waals surface area contributed by atoms with Crippen LogP contribution in [0.3, 0.4) is 0 Å². The summed E-state index contributed by atoms with van der Waals surface area (Å²) in [6, 6.07) is 62.5. The summed E-state index contributed by atoms with van der Waals surface area (Å²) in [4.78, 5) is 15.4. The summed E-state index contributed by atoms with van der Waals surface area (Å²) in [5, 5.41) is 6.58. The summed E-state index contributed by atoms with van der Waals surface area (Å²) in [5.74, 6) is 1.77. The molecule has 0 N–H and O–H groups in total. The van der Waals surface area contributed by atoms with E-state index in [9.17, 15) is 0 Å². The SMILES string of the molecule is c1ccc(-c2nc(-c3cccc(-c4cccc5oc6c(-c7cccc8c7oc7ccccc78)cccc6c45)c3)nc(-n3c4ccccc4c4ccccc43)n2)cc1. The molecule has 57 heavy (non-hydrogen) atoms. The van der Waals surface area contributed by atoms with Gasteiger partial charge in [0.15, 0.2) is 11.6 Å². The minimum absolute atomic E-state index is 0.566. The van der Waals surface area contributed by atoms with Gasteiger partial charge in [-0.2, -0.15) is 9.97 Å². The Morgan fingerprint density at radius 2 is 0.860 bits per heavy atom. The van der Waals surface area contributed by atoms with Crippen LogP contribution in [0.5, 0.6) is 0 Å². The van der Waals surface area contributed by atoms with E-state index in [-0.39, 0.29) is 0 Å². The van der Waals surface area contributed by atoms with E-state index in [2.05, 4.69) is 132 Å². The van der Waals surface area contributed by atoms with Gasteiger partial charge in [0.1, 0.15) is 22.3 Å². The quantitative estimate of drug-likeness (QED) is 0.176. The van der Waals surface area contributed by atoms with Gasteiger partial charge in [0.25, 0.3) is 0 Å². The Hall–Kier alpha value is -7.83. The van der Waals surface area contributed by atoms with Crippen molar-refractivity contribution in [2.45, 2.75) is 0 Å². The van der Waals surface area contributed by atoms with Crippen LogP contribution in [0.25, 0.3) is 117 Å². The van der Waals surface area contributed by atoms with E-state index in [0.29, 0.717) is 17.6 Å². The molecule has 0 atom stereocenters. The molecule has 0 fully saturated rings. The Labute approximate surface area is 325 Å². The normalized spacial score (nSPS) is 11.9. The van der Waals surface area contributed by atoms with E-state index in [0.717, 1.165) is 99.1 Å². The van der Waals surface area contributed by atoms with Crippen LogP contribution in [0, 0.1) is 0 Å². The van der Waals surface area contributed by atoms with Crippen molar-refractivity contribution in [3.05, 3.63) is 182 Å². The Kier molecular flexibility index (Phi) is 6.83. The first kappa shape index (κ1) is 31.5. The van der Waals surface area contributed by atoms with Crippen LogP contribution in [0.4, 0.5) is 0 Å². The maximum atomic E-state index is 6.75. The molecule has 0 radical (unpaired) electrons. The molecule has 4 aromatic heterocycles. The molecular weight excluding hydrogens is 701 g/mol. The van der Waals surface area contributed by atoms with Gasteiger partial charge in [0.2, 0.25) is 5.95 Å². The first-order valence-corrected chi connectivity index (χ1v) is 19.0. The van der Waals surface area contributed by atoms with Crippen LogP contribution in [0.2, 0.25) is 0 Å². The Bertz CT molecular complexity index is 3490. The second-order valence-electron chi connectivity index (χ2n) is 14.3. The molecule has 8 aromatic carbocycles. The zero-order chi connectivity index (χ0) is 37.5. The van der Waals surface area contributed by atoms with Crippen LogP contribution in [0.1, 0.15) is 0 Å². The Balaban J connectivity index is 1.04. The van der Waals surface area contributed by atoms with Gasteiger partial charge in [-0.25, -0.2) is 4.98 Å². The molecular formula is C51H30N4O2. The summed E-state index contributed by atoms with van der Waals surface area (Å²) in [6.45, 7) is 0. The Morgan fingerprint density at radius 3 is 1.63 bits per heavy atom. The average molecular weight is 731 g/mol. The number of nitrogens with zero attached hydrogens (tertiary/aromatic N) is 4. The molecule has 0 aliphatic rings. The number of fused-ring (bicyclic) bond motifs is 9. The van der Waals surface area contributed by atoms with E-state index in [1.54, 1.807) is 0 Å². The fourth-order valence-corrected chi connectivity index (χ4v) is 8.53. The predicted octanol–water partition coefficient (Wildman–Crippen LogP) is 13.4. The molecule has 4 heterocycles. The molecule has 266 valence electrons. The van der Waals surface area contributed by atoms with Crippen LogP contribution in [0.15, 0.2) is 191 Å². The van der Waals surface area contributed by atoms with Gasteiger partial charge < -0.3 is 8.83 Å². The standard InChI is InChI=1S/C51H30N4O2/c1-2-14-31(15-3-1)49-52-50(54-51(53-49)55-42-26-7-4-18-35(42)36-19-5-8-27-43(36)55)33-17-10-16-32(30-33)34-21-13-29-45-46(34)41-25-12-24-40(48(41)57-45)39-23-11-22-38-37-20-6-9-28-44(37)56-47(38)39/h1-30H. The fourth-order valence-electron chi connectivity index (χ4n) is 8.53. The molecule has 0 aliphatic carbocycles. The second kappa shape index (κ2) is 12.3. The number of para-hydroxylation sites is 5. The van der Waals surface area contributed by atoms with E-state index >= 15 is 0 Å². The summed E-state index contributed by atoms with van der Waals surface area (Å²) < 4.78 is 15.4. The molecule has 0 aliphatic heterocycles. The van der Waals surface area contributed by atoms with Gasteiger partial charge in [-0.15, -0.1) is 0 Å². The number of aromatic nitrogens is 4. The van der Waals surface area contributed by atoms with Crippen molar-refractivity contribution in [1.82, 2.24) is 19.5 Å². The topological polar surface area (TPSA) is 69.9 Å². The summed E-state index contributed by atoms with van der Waals surface area (Å²) in [5.41, 5.74) is 11.3. The molecule has 0 saturated heterocycles. The molecule has 12 rings (SSSR count). The van der Waals surface area contributed by atoms with Crippen LogP contribution in [-0.2, 0) is 0 Å². The molecule has 0 spiro atoms. The first-order chi connectivity index (χ1) is 28.3. The minimum Gasteiger partial charge on any atom is -0.455 e. The highest BCUT2D eigenvalue weighted by molar-refractivity contribution is 6.18. The molecule has 0 saturated carbocycles. The lowest BCUT2D eigenvalue weighted by Crippen LogP contribution is -2.06. The lowest BCUT2D eigenvalue weighted by atomic mass is 9.96. The molecule has 6 nitrogen and oxygen atoms in total. The summed E-state index contributed by atoms with van der Waals surface area (Å²) in [7, 11) is 0. The van der Waals surface area contributed by atoms with Crippen LogP contribution in [-0.4, -0.2) is 19.5 Å². The first-order valence-electron chi connectivity index (χ1n) is 19.0. The van der Waals surface area contributed by atoms with E-state index in [1.165, 1.54) is 0 Å². The van der Waals surface area contributed by atoms with Gasteiger partial charge >= 0.3 is 0 Å². The smallest absolute Gasteiger partial charge is 0.238 e. The lowest BCUT2D eigenvalue weighted by molar-refractivity contribution is 0.665. The summed E-state index contributed by atoms with van der Waals surface area (Å²) in [6.07, 6.45) is 0. The maximum Gasteiger partial charge on any atom is 0.238 e. The summed E-state index contributed by atoms with van der Waals surface area (Å²) >= 11 is 0. The molecule has 0 bridgehead atoms. The average Bonchev–Trinajstić information content (AvgIpc) is 3.96. The van der Waals surface area contributed by atoms with Crippen molar-refractivity contribution in [2.24, 2.45) is 0 Å². The van der Waals surface area contributed by atoms with Gasteiger partial charge in [0, 0.05) is 54.6 Å². The van der Waals surface area contributed by atoms with E-state index < -0.39 is 0 Å². The molecule has 0 amide bonds. The number of rotatable bonds is 5. The van der Waals surface area contributed by atoms with E-state index in [1.807, 2.05) is 54.6 Å². The van der Waals surface area contributed by atoms with Crippen LogP contribution >= 0.6 is 0 Å². The molecule has 0 unspecified atom stereocenters. The van der Waals surface area contributed by atoms with Crippen molar-refractivity contribution >= 4 is 65.7 Å². The number of hydrogen-bond donors (Lipinski definition) is 0. The van der Waals surface area contributed by atoms with Crippen LogP contribution < -0.4 is 0 Å². The number of benzene rings is 8. The third kappa shape index (κ3) is 4.87. The highest BCUT2D eigenvalue weighted by Crippen LogP contribution is 2.44. The molecule has 12 aromatic rings. The monoisotopic (exact) mass is 730 g/mol. The minimum atomic E-state index is 0.566. The van der Waals surface area contributed by atoms with Crippen molar-refractivity contribution in [3.63, 3.8) is 0 Å². The third-order valence-electron chi connectivity index (χ3n) is 11.1. The van der Waals surface area contributed by atoms with Crippen molar-refractivity contribution in [1.29, 1.82) is 0 Å². The number of furan rings is 2.